The summed E-state index contributed by atoms with van der Waals surface area (Å²) in [7, 11) is 3.01. The smallest absolute Gasteiger partial charge is 0.272 e. The van der Waals surface area contributed by atoms with E-state index in [4.69, 9.17) is 9.47 Å². The van der Waals surface area contributed by atoms with Crippen molar-refractivity contribution >= 4 is 47.1 Å². The van der Waals surface area contributed by atoms with Crippen molar-refractivity contribution in [2.24, 2.45) is 0 Å². The van der Waals surface area contributed by atoms with Crippen molar-refractivity contribution in [3.63, 3.8) is 0 Å². The lowest BCUT2D eigenvalue weighted by Crippen LogP contribution is -2.30. The number of aromatic nitrogens is 1. The van der Waals surface area contributed by atoms with Gasteiger partial charge >= 0.3 is 0 Å². The van der Waals surface area contributed by atoms with Crippen LogP contribution in [0.15, 0.2) is 108 Å². The zero-order valence-corrected chi connectivity index (χ0v) is 23.2. The minimum atomic E-state index is -0.547. The number of ether oxygens (including phenoxy) is 2. The van der Waals surface area contributed by atoms with Gasteiger partial charge < -0.3 is 25.4 Å². The van der Waals surface area contributed by atoms with Crippen LogP contribution in [0.4, 0.5) is 11.5 Å². The molecule has 0 aliphatic heterocycles. The summed E-state index contributed by atoms with van der Waals surface area (Å²) in [5.74, 6) is 0.324. The second kappa shape index (κ2) is 14.3. The topological polar surface area (TPSA) is 119 Å². The first-order valence-electron chi connectivity index (χ1n) is 12.5. The minimum Gasteiger partial charge on any atom is -0.493 e. The molecule has 10 heteroatoms. The number of methoxy groups -OCH3 is 2. The molecule has 4 rings (SSSR count). The monoisotopic (exact) mass is 568 g/mol. The van der Waals surface area contributed by atoms with Gasteiger partial charge in [-0.15, -0.1) is 11.8 Å². The normalized spacial score (nSPS) is 10.8. The predicted molar refractivity (Wildman–Crippen MR) is 160 cm³/mol. The molecule has 0 spiro atoms. The van der Waals surface area contributed by atoms with E-state index in [1.54, 1.807) is 91.1 Å². The number of amides is 3. The van der Waals surface area contributed by atoms with Crippen molar-refractivity contribution in [2.45, 2.75) is 4.90 Å². The highest BCUT2D eigenvalue weighted by molar-refractivity contribution is 8.00. The number of nitrogens with zero attached hydrogens (tertiary/aromatic N) is 1. The van der Waals surface area contributed by atoms with Crippen molar-refractivity contribution in [3.8, 4) is 11.5 Å². The fraction of sp³-hybridized carbons (Fsp3) is 0.0968. The lowest BCUT2D eigenvalue weighted by molar-refractivity contribution is -0.114. The van der Waals surface area contributed by atoms with Gasteiger partial charge in [-0.1, -0.05) is 42.5 Å². The summed E-state index contributed by atoms with van der Waals surface area (Å²) in [5.41, 5.74) is 1.42. The molecule has 0 atom stereocenters. The van der Waals surface area contributed by atoms with Crippen LogP contribution in [0, 0.1) is 0 Å². The van der Waals surface area contributed by atoms with Gasteiger partial charge in [0.25, 0.3) is 11.8 Å². The maximum Gasteiger partial charge on any atom is 0.272 e. The lowest BCUT2D eigenvalue weighted by atomic mass is 10.1. The van der Waals surface area contributed by atoms with Gasteiger partial charge in [-0.25, -0.2) is 4.98 Å². The number of rotatable bonds is 11. The molecule has 0 fully saturated rings. The number of para-hydroxylation sites is 1. The highest BCUT2D eigenvalue weighted by atomic mass is 32.2. The Hall–Kier alpha value is -5.09. The first kappa shape index (κ1) is 28.9. The third-order valence-corrected chi connectivity index (χ3v) is 6.65. The quantitative estimate of drug-likeness (QED) is 0.167. The average molecular weight is 569 g/mol. The van der Waals surface area contributed by atoms with Crippen LogP contribution in [0.2, 0.25) is 0 Å². The highest BCUT2D eigenvalue weighted by Crippen LogP contribution is 2.32. The molecule has 4 aromatic rings. The van der Waals surface area contributed by atoms with Gasteiger partial charge in [-0.2, -0.15) is 0 Å². The van der Waals surface area contributed by atoms with Crippen LogP contribution < -0.4 is 25.4 Å². The lowest BCUT2D eigenvalue weighted by Gasteiger charge is -2.14. The maximum atomic E-state index is 13.5. The summed E-state index contributed by atoms with van der Waals surface area (Å²) in [5, 5.41) is 8.29. The molecular formula is C31H28N4O5S. The Morgan fingerprint density at radius 2 is 1.63 bits per heavy atom. The first-order chi connectivity index (χ1) is 20.0. The van der Waals surface area contributed by atoms with Crippen molar-refractivity contribution < 1.29 is 23.9 Å². The summed E-state index contributed by atoms with van der Waals surface area (Å²) in [4.78, 5) is 43.6. The SMILES string of the molecule is COc1cccc(/C=C(/NC(=O)c2ccccc2)C(=O)Nc2cccc(SCC(=O)Nc3ccccn3)c2)c1OC. The minimum absolute atomic E-state index is 0.00167. The fourth-order valence-corrected chi connectivity index (χ4v) is 4.51. The molecule has 0 aliphatic rings. The van der Waals surface area contributed by atoms with E-state index in [2.05, 4.69) is 20.9 Å². The van der Waals surface area contributed by atoms with Crippen molar-refractivity contribution in [1.82, 2.24) is 10.3 Å². The zero-order valence-electron chi connectivity index (χ0n) is 22.4. The van der Waals surface area contributed by atoms with E-state index in [0.717, 1.165) is 4.90 Å². The molecule has 0 radical (unpaired) electrons. The molecule has 41 heavy (non-hydrogen) atoms. The largest absolute Gasteiger partial charge is 0.493 e. The Kier molecular flexibility index (Phi) is 10.1. The number of pyridine rings is 1. The standard InChI is InChI=1S/C31H28N4O5S/c1-39-26-15-8-12-22(29(26)40-2)18-25(34-30(37)21-10-4-3-5-11-21)31(38)33-23-13-9-14-24(19-23)41-20-28(36)35-27-16-6-7-17-32-27/h3-19H,20H2,1-2H3,(H,33,38)(H,34,37)(H,32,35,36)/b25-18+. The summed E-state index contributed by atoms with van der Waals surface area (Å²) >= 11 is 1.31. The van der Waals surface area contributed by atoms with Crippen LogP contribution in [0.25, 0.3) is 6.08 Å². The van der Waals surface area contributed by atoms with Crippen molar-refractivity contribution in [3.05, 3.63) is 114 Å². The molecule has 0 unspecified atom stereocenters. The molecule has 3 N–H and O–H groups in total. The predicted octanol–water partition coefficient (Wildman–Crippen LogP) is 5.24. The Balaban J connectivity index is 1.52. The molecule has 208 valence electrons. The Morgan fingerprint density at radius 3 is 2.37 bits per heavy atom. The van der Waals surface area contributed by atoms with E-state index in [1.165, 1.54) is 32.1 Å². The summed E-state index contributed by atoms with van der Waals surface area (Å²) in [6.07, 6.45) is 3.13. The van der Waals surface area contributed by atoms with Crippen LogP contribution in [0.3, 0.4) is 0 Å². The number of anilines is 2. The van der Waals surface area contributed by atoms with E-state index in [9.17, 15) is 14.4 Å². The van der Waals surface area contributed by atoms with Gasteiger partial charge in [-0.05, 0) is 54.6 Å². The zero-order chi connectivity index (χ0) is 29.0. The second-order valence-corrected chi connectivity index (χ2v) is 9.54. The van der Waals surface area contributed by atoms with E-state index in [1.807, 2.05) is 6.07 Å². The molecule has 9 nitrogen and oxygen atoms in total. The third kappa shape index (κ3) is 8.20. The van der Waals surface area contributed by atoms with Crippen LogP contribution in [0.1, 0.15) is 15.9 Å². The summed E-state index contributed by atoms with van der Waals surface area (Å²) in [6.45, 7) is 0. The van der Waals surface area contributed by atoms with Gasteiger partial charge in [0.15, 0.2) is 11.5 Å². The molecule has 3 amide bonds. The molecule has 1 aromatic heterocycles. The average Bonchev–Trinajstić information content (AvgIpc) is 3.00. The van der Waals surface area contributed by atoms with Crippen LogP contribution in [0.5, 0.6) is 11.5 Å². The second-order valence-electron chi connectivity index (χ2n) is 8.49. The summed E-state index contributed by atoms with van der Waals surface area (Å²) < 4.78 is 10.9. The Bertz CT molecular complexity index is 1540. The highest BCUT2D eigenvalue weighted by Gasteiger charge is 2.17. The van der Waals surface area contributed by atoms with Gasteiger partial charge in [-0.3, -0.25) is 14.4 Å². The molecule has 3 aromatic carbocycles. The number of benzene rings is 3. The molecule has 0 aliphatic carbocycles. The fourth-order valence-electron chi connectivity index (χ4n) is 3.75. The number of carbonyl (C=O) groups is 3. The Labute approximate surface area is 242 Å². The number of hydrogen-bond donors (Lipinski definition) is 3. The van der Waals surface area contributed by atoms with Gasteiger partial charge in [0.2, 0.25) is 5.91 Å². The number of nitrogens with one attached hydrogen (secondary N) is 3. The van der Waals surface area contributed by atoms with Crippen LogP contribution in [-0.4, -0.2) is 42.7 Å². The first-order valence-corrected chi connectivity index (χ1v) is 13.5. The van der Waals surface area contributed by atoms with E-state index in [-0.39, 0.29) is 17.4 Å². The molecular weight excluding hydrogens is 540 g/mol. The number of thioether (sulfide) groups is 1. The van der Waals surface area contributed by atoms with Crippen molar-refractivity contribution in [1.29, 1.82) is 0 Å². The molecule has 1 heterocycles. The summed E-state index contributed by atoms with van der Waals surface area (Å²) in [6, 6.07) is 26.2. The van der Waals surface area contributed by atoms with Crippen LogP contribution >= 0.6 is 11.8 Å². The van der Waals surface area contributed by atoms with Crippen molar-refractivity contribution in [2.75, 3.05) is 30.6 Å². The maximum absolute atomic E-state index is 13.5. The third-order valence-electron chi connectivity index (χ3n) is 5.66. The van der Waals surface area contributed by atoms with Crippen LogP contribution in [-0.2, 0) is 9.59 Å². The Morgan fingerprint density at radius 1 is 0.854 bits per heavy atom. The van der Waals surface area contributed by atoms with Gasteiger partial charge in [0.05, 0.1) is 20.0 Å². The van der Waals surface area contributed by atoms with Gasteiger partial charge in [0, 0.05) is 27.9 Å². The van der Waals surface area contributed by atoms with E-state index in [0.29, 0.717) is 34.1 Å². The van der Waals surface area contributed by atoms with E-state index < -0.39 is 11.8 Å². The number of carbonyl (C=O) groups excluding carboxylic acids is 3. The number of hydrogen-bond acceptors (Lipinski definition) is 7. The molecule has 0 bridgehead atoms. The molecule has 0 saturated heterocycles. The molecule has 0 saturated carbocycles. The van der Waals surface area contributed by atoms with Gasteiger partial charge in [0.1, 0.15) is 11.5 Å². The van der Waals surface area contributed by atoms with E-state index >= 15 is 0 Å².